The molecule has 21 heavy (non-hydrogen) atoms. The number of esters is 1. The van der Waals surface area contributed by atoms with Crippen LogP contribution in [0.4, 0.5) is 5.69 Å². The molecule has 0 atom stereocenters. The first-order valence-electron chi connectivity index (χ1n) is 6.81. The van der Waals surface area contributed by atoms with Crippen LogP contribution in [0.5, 0.6) is 0 Å². The van der Waals surface area contributed by atoms with E-state index in [4.69, 9.17) is 5.73 Å². The predicted molar refractivity (Wildman–Crippen MR) is 83.6 cm³/mol. The van der Waals surface area contributed by atoms with Crippen molar-refractivity contribution in [2.75, 3.05) is 19.0 Å². The lowest BCUT2D eigenvalue weighted by atomic mass is 9.85. The lowest BCUT2D eigenvalue weighted by Crippen LogP contribution is -2.40. The van der Waals surface area contributed by atoms with Gasteiger partial charge in [0.05, 0.1) is 18.1 Å². The summed E-state index contributed by atoms with van der Waals surface area (Å²) in [7, 11) is 1.34. The summed E-state index contributed by atoms with van der Waals surface area (Å²) in [6, 6.07) is 6.66. The summed E-state index contributed by atoms with van der Waals surface area (Å²) in [5.41, 5.74) is 6.48. The fourth-order valence-corrected chi connectivity index (χ4v) is 2.65. The van der Waals surface area contributed by atoms with Crippen molar-refractivity contribution < 1.29 is 14.3 Å². The van der Waals surface area contributed by atoms with E-state index in [1.165, 1.54) is 7.11 Å². The number of nitrogens with two attached hydrogens (primary N) is 1. The van der Waals surface area contributed by atoms with Gasteiger partial charge in [0.2, 0.25) is 5.91 Å². The number of anilines is 1. The molecule has 0 radical (unpaired) electrons. The van der Waals surface area contributed by atoms with Gasteiger partial charge in [-0.3, -0.25) is 4.79 Å². The molecule has 1 saturated carbocycles. The van der Waals surface area contributed by atoms with Gasteiger partial charge in [0.15, 0.2) is 0 Å². The Bertz CT molecular complexity index is 496. The van der Waals surface area contributed by atoms with Gasteiger partial charge < -0.3 is 15.8 Å². The highest BCUT2D eigenvalue weighted by atomic mass is 35.5. The van der Waals surface area contributed by atoms with Crippen molar-refractivity contribution in [3.8, 4) is 0 Å². The van der Waals surface area contributed by atoms with Gasteiger partial charge in [-0.15, -0.1) is 12.4 Å². The Morgan fingerprint density at radius 2 is 1.81 bits per heavy atom. The molecule has 1 fully saturated rings. The minimum Gasteiger partial charge on any atom is -0.465 e. The first-order valence-corrected chi connectivity index (χ1v) is 6.81. The van der Waals surface area contributed by atoms with Crippen molar-refractivity contribution in [2.45, 2.75) is 25.7 Å². The van der Waals surface area contributed by atoms with Crippen LogP contribution in [0.3, 0.4) is 0 Å². The highest BCUT2D eigenvalue weighted by Gasteiger charge is 2.39. The topological polar surface area (TPSA) is 81.4 Å². The lowest BCUT2D eigenvalue weighted by molar-refractivity contribution is -0.124. The third kappa shape index (κ3) is 3.74. The standard InChI is InChI=1S/C15H20N2O3.ClH/c1-20-13(18)11-4-6-12(7-5-11)17-14(19)15(10-16)8-2-3-9-15;/h4-7H,2-3,8-10,16H2,1H3,(H,17,19);1H. The molecule has 0 aliphatic heterocycles. The number of benzene rings is 1. The normalized spacial score (nSPS) is 15.9. The molecule has 6 heteroatoms. The largest absolute Gasteiger partial charge is 0.465 e. The van der Waals surface area contributed by atoms with E-state index in [2.05, 4.69) is 10.1 Å². The number of ether oxygens (including phenoxy) is 1. The number of hydrogen-bond acceptors (Lipinski definition) is 4. The van der Waals surface area contributed by atoms with Crippen LogP contribution in [0, 0.1) is 5.41 Å². The zero-order valence-corrected chi connectivity index (χ0v) is 12.9. The Hall–Kier alpha value is -1.59. The van der Waals surface area contributed by atoms with Gasteiger partial charge in [-0.1, -0.05) is 12.8 Å². The summed E-state index contributed by atoms with van der Waals surface area (Å²) in [5.74, 6) is -0.416. The van der Waals surface area contributed by atoms with E-state index >= 15 is 0 Å². The van der Waals surface area contributed by atoms with Crippen LogP contribution >= 0.6 is 12.4 Å². The van der Waals surface area contributed by atoms with E-state index in [0.717, 1.165) is 25.7 Å². The maximum Gasteiger partial charge on any atom is 0.337 e. The first-order chi connectivity index (χ1) is 9.61. The van der Waals surface area contributed by atoms with Gasteiger partial charge in [0, 0.05) is 12.2 Å². The molecule has 1 aliphatic rings. The van der Waals surface area contributed by atoms with Crippen LogP contribution in [-0.2, 0) is 9.53 Å². The number of carbonyl (C=O) groups is 2. The maximum atomic E-state index is 12.4. The molecule has 0 spiro atoms. The van der Waals surface area contributed by atoms with Crippen LogP contribution in [0.25, 0.3) is 0 Å². The number of amides is 1. The van der Waals surface area contributed by atoms with Gasteiger partial charge in [-0.05, 0) is 37.1 Å². The van der Waals surface area contributed by atoms with Gasteiger partial charge in [-0.25, -0.2) is 4.79 Å². The minimum atomic E-state index is -0.430. The SMILES string of the molecule is COC(=O)c1ccc(NC(=O)C2(CN)CCCC2)cc1.Cl. The van der Waals surface area contributed by atoms with Crippen molar-refractivity contribution in [3.05, 3.63) is 29.8 Å². The monoisotopic (exact) mass is 312 g/mol. The molecule has 1 aromatic carbocycles. The Labute approximate surface area is 130 Å². The second-order valence-electron chi connectivity index (χ2n) is 5.21. The number of hydrogen-bond donors (Lipinski definition) is 2. The molecule has 1 aliphatic carbocycles. The fraction of sp³-hybridized carbons (Fsp3) is 0.467. The van der Waals surface area contributed by atoms with Crippen molar-refractivity contribution >= 4 is 30.0 Å². The summed E-state index contributed by atoms with van der Waals surface area (Å²) in [4.78, 5) is 23.7. The molecule has 1 aromatic rings. The molecule has 5 nitrogen and oxygen atoms in total. The zero-order valence-electron chi connectivity index (χ0n) is 12.1. The van der Waals surface area contributed by atoms with E-state index in [-0.39, 0.29) is 18.3 Å². The molecule has 0 saturated heterocycles. The van der Waals surface area contributed by atoms with Crippen LogP contribution in [0.15, 0.2) is 24.3 Å². The molecule has 0 heterocycles. The van der Waals surface area contributed by atoms with E-state index in [1.54, 1.807) is 24.3 Å². The maximum absolute atomic E-state index is 12.4. The zero-order chi connectivity index (χ0) is 14.6. The van der Waals surface area contributed by atoms with Gasteiger partial charge in [0.25, 0.3) is 0 Å². The van der Waals surface area contributed by atoms with Crippen molar-refractivity contribution in [3.63, 3.8) is 0 Å². The summed E-state index contributed by atoms with van der Waals surface area (Å²) in [6.45, 7) is 0.374. The third-order valence-electron chi connectivity index (χ3n) is 4.00. The highest BCUT2D eigenvalue weighted by Crippen LogP contribution is 2.38. The Balaban J connectivity index is 0.00000220. The van der Waals surface area contributed by atoms with Crippen molar-refractivity contribution in [1.82, 2.24) is 0 Å². The molecular formula is C15H21ClN2O3. The molecule has 0 aromatic heterocycles. The molecule has 2 rings (SSSR count). The first kappa shape index (κ1) is 17.5. The molecule has 0 bridgehead atoms. The fourth-order valence-electron chi connectivity index (χ4n) is 2.65. The third-order valence-corrected chi connectivity index (χ3v) is 4.00. The summed E-state index contributed by atoms with van der Waals surface area (Å²) < 4.78 is 4.63. The van der Waals surface area contributed by atoms with E-state index in [1.807, 2.05) is 0 Å². The van der Waals surface area contributed by atoms with Crippen molar-refractivity contribution in [1.29, 1.82) is 0 Å². The molecule has 0 unspecified atom stereocenters. The molecular weight excluding hydrogens is 292 g/mol. The van der Waals surface area contributed by atoms with E-state index in [9.17, 15) is 9.59 Å². The number of nitrogens with one attached hydrogen (secondary N) is 1. The quantitative estimate of drug-likeness (QED) is 0.836. The average Bonchev–Trinajstić information content (AvgIpc) is 2.97. The van der Waals surface area contributed by atoms with Crippen LogP contribution in [-0.4, -0.2) is 25.5 Å². The van der Waals surface area contributed by atoms with E-state index < -0.39 is 11.4 Å². The number of halogens is 1. The second-order valence-corrected chi connectivity index (χ2v) is 5.21. The number of carbonyl (C=O) groups excluding carboxylic acids is 2. The number of rotatable bonds is 4. The van der Waals surface area contributed by atoms with Crippen LogP contribution < -0.4 is 11.1 Å². The molecule has 116 valence electrons. The van der Waals surface area contributed by atoms with Crippen molar-refractivity contribution in [2.24, 2.45) is 11.1 Å². The predicted octanol–water partition coefficient (Wildman–Crippen LogP) is 2.35. The number of methoxy groups -OCH3 is 1. The minimum absolute atomic E-state index is 0. The second kappa shape index (κ2) is 7.43. The molecule has 3 N–H and O–H groups in total. The van der Waals surface area contributed by atoms with Gasteiger partial charge in [-0.2, -0.15) is 0 Å². The summed E-state index contributed by atoms with van der Waals surface area (Å²) in [5, 5.41) is 2.89. The van der Waals surface area contributed by atoms with Crippen LogP contribution in [0.1, 0.15) is 36.0 Å². The Morgan fingerprint density at radius 1 is 1.24 bits per heavy atom. The summed E-state index contributed by atoms with van der Waals surface area (Å²) in [6.07, 6.45) is 3.78. The summed E-state index contributed by atoms with van der Waals surface area (Å²) >= 11 is 0. The highest BCUT2D eigenvalue weighted by molar-refractivity contribution is 5.96. The van der Waals surface area contributed by atoms with Gasteiger partial charge >= 0.3 is 5.97 Å². The van der Waals surface area contributed by atoms with E-state index in [0.29, 0.717) is 17.8 Å². The lowest BCUT2D eigenvalue weighted by Gasteiger charge is -2.25. The Kier molecular flexibility index (Phi) is 6.18. The van der Waals surface area contributed by atoms with Gasteiger partial charge in [0.1, 0.15) is 0 Å². The molecule has 1 amide bonds. The Morgan fingerprint density at radius 3 is 2.29 bits per heavy atom. The average molecular weight is 313 g/mol. The van der Waals surface area contributed by atoms with Crippen LogP contribution in [0.2, 0.25) is 0 Å². The smallest absolute Gasteiger partial charge is 0.337 e.